The van der Waals surface area contributed by atoms with Crippen molar-refractivity contribution in [1.29, 1.82) is 0 Å². The van der Waals surface area contributed by atoms with E-state index in [0.717, 1.165) is 4.70 Å². The maximum atomic E-state index is 13.4. The quantitative estimate of drug-likeness (QED) is 0.0335. The first kappa shape index (κ1) is 34.0. The summed E-state index contributed by atoms with van der Waals surface area (Å²) in [5.74, 6) is -2.18. The molecule has 9 N–H and O–H groups in total. The average molecular weight is 665 g/mol. The fourth-order valence-corrected chi connectivity index (χ4v) is 6.86. The Kier molecular flexibility index (Phi) is 11.8. The van der Waals surface area contributed by atoms with Gasteiger partial charge in [0.05, 0.1) is 28.6 Å². The summed E-state index contributed by atoms with van der Waals surface area (Å²) in [6, 6.07) is 20.3. The number of hydrogen-bond acceptors (Lipinski definition) is 9. The van der Waals surface area contributed by atoms with Crippen LogP contribution in [0.2, 0.25) is 0 Å². The number of para-hydroxylation sites is 1. The zero-order valence-corrected chi connectivity index (χ0v) is 26.5. The molecule has 0 fully saturated rings. The maximum Gasteiger partial charge on any atom is 0.239 e. The topological polar surface area (TPSA) is 225 Å². The summed E-state index contributed by atoms with van der Waals surface area (Å²) >= 11 is 1.21. The zero-order chi connectivity index (χ0) is 33.1. The van der Waals surface area contributed by atoms with Crippen molar-refractivity contribution in [1.82, 2.24) is 20.3 Å². The first-order valence-electron chi connectivity index (χ1n) is 14.4. The minimum absolute atomic E-state index is 0.00522. The van der Waals surface area contributed by atoms with Gasteiger partial charge in [-0.2, -0.15) is 0 Å². The molecule has 0 saturated carbocycles. The van der Waals surface area contributed by atoms with Crippen LogP contribution >= 0.6 is 11.3 Å². The Labute approximate surface area is 270 Å². The van der Waals surface area contributed by atoms with Crippen LogP contribution in [0.5, 0.6) is 0 Å². The van der Waals surface area contributed by atoms with Crippen molar-refractivity contribution in [3.63, 3.8) is 0 Å². The van der Waals surface area contributed by atoms with Crippen molar-refractivity contribution in [2.75, 3.05) is 18.8 Å². The van der Waals surface area contributed by atoms with Crippen LogP contribution in [0.3, 0.4) is 0 Å². The van der Waals surface area contributed by atoms with Gasteiger partial charge in [0.25, 0.3) is 0 Å². The molecular formula is C31H36N8O5S2. The van der Waals surface area contributed by atoms with Crippen molar-refractivity contribution in [3.05, 3.63) is 95.0 Å². The molecule has 0 radical (unpaired) electrons. The van der Waals surface area contributed by atoms with E-state index < -0.39 is 40.5 Å². The number of nitrogens with two attached hydrogens (primary N) is 3. The first-order valence-corrected chi connectivity index (χ1v) is 16.9. The number of amides is 2. The Balaban J connectivity index is 1.44. The van der Waals surface area contributed by atoms with Crippen LogP contribution in [0.1, 0.15) is 33.8 Å². The molecule has 2 atom stereocenters. The summed E-state index contributed by atoms with van der Waals surface area (Å²) < 4.78 is 29.3. The van der Waals surface area contributed by atoms with Gasteiger partial charge in [-0.1, -0.05) is 54.6 Å². The number of Topliss-reactive ketones (excluding diaryl/α,β-unsaturated/α-hetero) is 1. The average Bonchev–Trinajstić information content (AvgIpc) is 3.46. The van der Waals surface area contributed by atoms with Gasteiger partial charge < -0.3 is 27.8 Å². The van der Waals surface area contributed by atoms with Crippen molar-refractivity contribution in [3.8, 4) is 0 Å². The number of carbonyl (C=O) groups is 3. The van der Waals surface area contributed by atoms with E-state index in [1.165, 1.54) is 11.3 Å². The lowest BCUT2D eigenvalue weighted by molar-refractivity contribution is -0.127. The second-order valence-electron chi connectivity index (χ2n) is 10.5. The van der Waals surface area contributed by atoms with Gasteiger partial charge in [-0.3, -0.25) is 19.4 Å². The summed E-state index contributed by atoms with van der Waals surface area (Å²) in [5, 5.41) is 5.42. The number of rotatable bonds is 16. The number of ketones is 1. The fourth-order valence-electron chi connectivity index (χ4n) is 4.56. The molecule has 0 aliphatic rings. The predicted octanol–water partition coefficient (Wildman–Crippen LogP) is 1.45. The summed E-state index contributed by atoms with van der Waals surface area (Å²) in [7, 11) is -3.95. The van der Waals surface area contributed by atoms with E-state index in [4.69, 9.17) is 17.2 Å². The predicted molar refractivity (Wildman–Crippen MR) is 179 cm³/mol. The highest BCUT2D eigenvalue weighted by Crippen LogP contribution is 2.23. The number of fused-ring (bicyclic) bond motifs is 1. The van der Waals surface area contributed by atoms with Gasteiger partial charge >= 0.3 is 0 Å². The van der Waals surface area contributed by atoms with E-state index in [-0.39, 0.29) is 41.9 Å². The Bertz CT molecular complexity index is 1760. The minimum Gasteiger partial charge on any atom is -0.399 e. The van der Waals surface area contributed by atoms with Crippen LogP contribution in [-0.4, -0.2) is 62.1 Å². The number of hydrogen-bond donors (Lipinski definition) is 6. The molecule has 3 aromatic carbocycles. The molecule has 1 aromatic heterocycles. The zero-order valence-electron chi connectivity index (χ0n) is 24.9. The van der Waals surface area contributed by atoms with E-state index in [1.54, 1.807) is 60.7 Å². The number of benzene rings is 3. The molecule has 0 saturated heterocycles. The molecule has 1 heterocycles. The largest absolute Gasteiger partial charge is 0.399 e. The van der Waals surface area contributed by atoms with Gasteiger partial charge in [0.2, 0.25) is 27.6 Å². The lowest BCUT2D eigenvalue weighted by atomic mass is 10.1. The second kappa shape index (κ2) is 15.9. The molecule has 0 bridgehead atoms. The Morgan fingerprint density at radius 2 is 1.59 bits per heavy atom. The van der Waals surface area contributed by atoms with Gasteiger partial charge in [-0.15, -0.1) is 11.3 Å². The van der Waals surface area contributed by atoms with Gasteiger partial charge in [0, 0.05) is 12.2 Å². The van der Waals surface area contributed by atoms with Gasteiger partial charge in [-0.25, -0.2) is 18.1 Å². The highest BCUT2D eigenvalue weighted by Gasteiger charge is 2.28. The standard InChI is InChI=1S/C31H36N8O5S2/c32-22-14-12-20(13-15-22)17-25(39-46(43,44)19-21-7-2-1-3-8-21)29(42)36-18-27(40)37-24(10-6-16-35-31(33)34)28(41)30-38-23-9-4-5-11-26(23)45-30/h1-5,7-9,11-15,24-25,39H,6,10,16-19,32H2,(H,36,42)(H,37,40)(H4,33,34,35)/t24-,25+/m0/s1. The smallest absolute Gasteiger partial charge is 0.239 e. The van der Waals surface area contributed by atoms with E-state index in [2.05, 4.69) is 25.3 Å². The Hall–Kier alpha value is -4.86. The fraction of sp³-hybridized carbons (Fsp3) is 0.258. The van der Waals surface area contributed by atoms with Gasteiger partial charge in [0.1, 0.15) is 6.04 Å². The SMILES string of the molecule is NC(N)=NCCC[C@H](NC(=O)CNC(=O)[C@@H](Cc1ccc(N)cc1)NS(=O)(=O)Cc1ccccc1)C(=O)c1nc2ccccc2s1. The van der Waals surface area contributed by atoms with Crippen LogP contribution in [0.4, 0.5) is 5.69 Å². The third kappa shape index (κ3) is 10.4. The van der Waals surface area contributed by atoms with Crippen LogP contribution < -0.4 is 32.6 Å². The molecule has 13 nitrogen and oxygen atoms in total. The molecule has 0 spiro atoms. The summed E-state index contributed by atoms with van der Waals surface area (Å²) in [6.07, 6.45) is 0.605. The Morgan fingerprint density at radius 1 is 0.891 bits per heavy atom. The number of nitrogen functional groups attached to an aromatic ring is 1. The molecule has 0 aliphatic carbocycles. The number of anilines is 1. The molecule has 15 heteroatoms. The van der Waals surface area contributed by atoms with E-state index in [1.807, 2.05) is 18.2 Å². The summed E-state index contributed by atoms with van der Waals surface area (Å²) in [5.41, 5.74) is 19.0. The van der Waals surface area contributed by atoms with Crippen LogP contribution in [0.25, 0.3) is 10.2 Å². The summed E-state index contributed by atoms with van der Waals surface area (Å²) in [6.45, 7) is -0.260. The molecule has 242 valence electrons. The molecule has 0 unspecified atom stereocenters. The monoisotopic (exact) mass is 664 g/mol. The number of nitrogens with one attached hydrogen (secondary N) is 3. The highest BCUT2D eigenvalue weighted by atomic mass is 32.2. The van der Waals surface area contributed by atoms with Crippen molar-refractivity contribution in [2.24, 2.45) is 16.5 Å². The lowest BCUT2D eigenvalue weighted by Gasteiger charge is -2.20. The van der Waals surface area contributed by atoms with Crippen LogP contribution in [-0.2, 0) is 31.8 Å². The number of nitrogens with zero attached hydrogens (tertiary/aromatic N) is 2. The normalized spacial score (nSPS) is 12.6. The van der Waals surface area contributed by atoms with Crippen molar-refractivity contribution in [2.45, 2.75) is 37.1 Å². The second-order valence-corrected chi connectivity index (χ2v) is 13.3. The van der Waals surface area contributed by atoms with Crippen molar-refractivity contribution < 1.29 is 22.8 Å². The molecule has 4 rings (SSSR count). The lowest BCUT2D eigenvalue weighted by Crippen LogP contribution is -2.51. The number of carbonyl (C=O) groups excluding carboxylic acids is 3. The number of guanidine groups is 1. The molecule has 0 aliphatic heterocycles. The van der Waals surface area contributed by atoms with E-state index >= 15 is 0 Å². The number of aromatic nitrogens is 1. The molecular weight excluding hydrogens is 629 g/mol. The minimum atomic E-state index is -3.95. The Morgan fingerprint density at radius 3 is 2.28 bits per heavy atom. The number of thiazole rings is 1. The van der Waals surface area contributed by atoms with Crippen LogP contribution in [0, 0.1) is 0 Å². The third-order valence-corrected chi connectivity index (χ3v) is 9.19. The molecule has 46 heavy (non-hydrogen) atoms. The first-order chi connectivity index (χ1) is 22.0. The number of sulfonamides is 1. The van der Waals surface area contributed by atoms with E-state index in [9.17, 15) is 22.8 Å². The summed E-state index contributed by atoms with van der Waals surface area (Å²) in [4.78, 5) is 48.1. The molecule has 2 amide bonds. The third-order valence-electron chi connectivity index (χ3n) is 6.78. The highest BCUT2D eigenvalue weighted by molar-refractivity contribution is 7.88. The van der Waals surface area contributed by atoms with Gasteiger partial charge in [0.15, 0.2) is 11.0 Å². The van der Waals surface area contributed by atoms with Gasteiger partial charge in [-0.05, 0) is 54.7 Å². The van der Waals surface area contributed by atoms with E-state index in [0.29, 0.717) is 28.8 Å². The molecule has 4 aromatic rings. The van der Waals surface area contributed by atoms with Crippen LogP contribution in [0.15, 0.2) is 83.9 Å². The number of aliphatic imine (C=N–C) groups is 1. The maximum absolute atomic E-state index is 13.4. The van der Waals surface area contributed by atoms with Crippen molar-refractivity contribution >= 4 is 60.8 Å².